The van der Waals surface area contributed by atoms with E-state index < -0.39 is 11.7 Å². The number of alkyl halides is 3. The second-order valence-corrected chi connectivity index (χ2v) is 6.93. The van der Waals surface area contributed by atoms with Gasteiger partial charge in [0, 0.05) is 31.9 Å². The van der Waals surface area contributed by atoms with Gasteiger partial charge in [-0.1, -0.05) is 23.4 Å². The molecule has 0 aliphatic heterocycles. The molecule has 1 aromatic carbocycles. The zero-order valence-electron chi connectivity index (χ0n) is 15.9. The highest BCUT2D eigenvalue weighted by Gasteiger charge is 2.30. The molecule has 3 aromatic rings. The maximum atomic E-state index is 12.9. The molecule has 0 aliphatic carbocycles. The lowest BCUT2D eigenvalue weighted by Gasteiger charge is -2.24. The predicted octanol–water partition coefficient (Wildman–Crippen LogP) is 3.82. The van der Waals surface area contributed by atoms with E-state index in [1.807, 2.05) is 17.8 Å². The number of rotatable bonds is 7. The highest BCUT2D eigenvalue weighted by Crippen LogP contribution is 2.29. The number of aryl methyl sites for hydroxylation is 1. The molecule has 0 atom stereocenters. The number of nitrogens with zero attached hydrogens (tertiary/aromatic N) is 5. The molecular formula is C19H22F3N5O. The van der Waals surface area contributed by atoms with E-state index >= 15 is 0 Å². The van der Waals surface area contributed by atoms with Crippen LogP contribution in [-0.4, -0.2) is 30.6 Å². The third-order valence-corrected chi connectivity index (χ3v) is 4.46. The normalized spacial score (nSPS) is 12.3. The average Bonchev–Trinajstić information content (AvgIpc) is 3.23. The van der Waals surface area contributed by atoms with Crippen LogP contribution in [0.25, 0.3) is 0 Å². The maximum absolute atomic E-state index is 12.9. The van der Waals surface area contributed by atoms with Crippen molar-refractivity contribution in [3.8, 4) is 0 Å². The minimum absolute atomic E-state index is 0.175. The summed E-state index contributed by atoms with van der Waals surface area (Å²) in [5.41, 5.74) is -0.203. The predicted molar refractivity (Wildman–Crippen MR) is 96.1 cm³/mol. The summed E-state index contributed by atoms with van der Waals surface area (Å²) >= 11 is 0. The molecule has 0 amide bonds. The fourth-order valence-corrected chi connectivity index (χ4v) is 2.79. The molecule has 0 bridgehead atoms. The maximum Gasteiger partial charge on any atom is 0.416 e. The van der Waals surface area contributed by atoms with Crippen molar-refractivity contribution in [2.45, 2.75) is 45.6 Å². The summed E-state index contributed by atoms with van der Waals surface area (Å²) in [5.74, 6) is 1.69. The molecule has 150 valence electrons. The first kappa shape index (κ1) is 20.1. The molecule has 28 heavy (non-hydrogen) atoms. The Morgan fingerprint density at radius 2 is 2.00 bits per heavy atom. The Hall–Kier alpha value is -2.68. The Balaban J connectivity index is 1.68. The molecule has 0 spiro atoms. The largest absolute Gasteiger partial charge is 0.416 e. The van der Waals surface area contributed by atoms with Crippen molar-refractivity contribution in [2.24, 2.45) is 7.05 Å². The lowest BCUT2D eigenvalue weighted by atomic mass is 10.1. The molecule has 2 aromatic heterocycles. The zero-order chi connectivity index (χ0) is 20.3. The van der Waals surface area contributed by atoms with E-state index in [9.17, 15) is 13.2 Å². The standard InChI is InChI=1S/C19H22F3N5O/c1-13(2)27(11-17-23-7-8-26(17)3)12-18-24-16(25-28-18)10-14-5-4-6-15(9-14)19(20,21)22/h4-9,13H,10-12H2,1-3H3. The summed E-state index contributed by atoms with van der Waals surface area (Å²) in [6.45, 7) is 5.17. The quantitative estimate of drug-likeness (QED) is 0.611. The zero-order valence-corrected chi connectivity index (χ0v) is 15.9. The molecule has 0 saturated heterocycles. The van der Waals surface area contributed by atoms with Gasteiger partial charge in [-0.15, -0.1) is 0 Å². The smallest absolute Gasteiger partial charge is 0.338 e. The van der Waals surface area contributed by atoms with Gasteiger partial charge in [0.25, 0.3) is 0 Å². The van der Waals surface area contributed by atoms with Crippen LogP contribution in [0.2, 0.25) is 0 Å². The average molecular weight is 393 g/mol. The molecular weight excluding hydrogens is 371 g/mol. The summed E-state index contributed by atoms with van der Waals surface area (Å²) in [7, 11) is 1.93. The van der Waals surface area contributed by atoms with Crippen molar-refractivity contribution in [2.75, 3.05) is 0 Å². The minimum Gasteiger partial charge on any atom is -0.338 e. The van der Waals surface area contributed by atoms with Gasteiger partial charge in [-0.05, 0) is 25.5 Å². The summed E-state index contributed by atoms with van der Waals surface area (Å²) in [6, 6.07) is 5.37. The molecule has 0 N–H and O–H groups in total. The van der Waals surface area contributed by atoms with Crippen LogP contribution >= 0.6 is 0 Å². The number of aromatic nitrogens is 4. The Labute approximate surface area is 161 Å². The molecule has 6 nitrogen and oxygen atoms in total. The fraction of sp³-hybridized carbons (Fsp3) is 0.421. The number of halogens is 3. The van der Waals surface area contributed by atoms with Crippen LogP contribution in [0.4, 0.5) is 13.2 Å². The van der Waals surface area contributed by atoms with E-state index in [0.717, 1.165) is 18.0 Å². The van der Waals surface area contributed by atoms with Crippen LogP contribution in [-0.2, 0) is 32.7 Å². The van der Waals surface area contributed by atoms with Crippen molar-refractivity contribution < 1.29 is 17.7 Å². The molecule has 3 rings (SSSR count). The van der Waals surface area contributed by atoms with Gasteiger partial charge in [0.1, 0.15) is 5.82 Å². The van der Waals surface area contributed by atoms with Crippen LogP contribution in [0.5, 0.6) is 0 Å². The highest BCUT2D eigenvalue weighted by molar-refractivity contribution is 5.27. The van der Waals surface area contributed by atoms with Crippen LogP contribution in [0, 0.1) is 0 Å². The first-order valence-electron chi connectivity index (χ1n) is 8.90. The number of benzene rings is 1. The topological polar surface area (TPSA) is 60.0 Å². The highest BCUT2D eigenvalue weighted by atomic mass is 19.4. The lowest BCUT2D eigenvalue weighted by molar-refractivity contribution is -0.137. The summed E-state index contributed by atoms with van der Waals surface area (Å²) < 4.78 is 45.8. The molecule has 0 radical (unpaired) electrons. The van der Waals surface area contributed by atoms with Crippen LogP contribution in [0.15, 0.2) is 41.2 Å². The van der Waals surface area contributed by atoms with Crippen LogP contribution in [0.3, 0.4) is 0 Å². The number of hydrogen-bond acceptors (Lipinski definition) is 5. The molecule has 0 unspecified atom stereocenters. The first-order valence-corrected chi connectivity index (χ1v) is 8.90. The van der Waals surface area contributed by atoms with Crippen molar-refractivity contribution in [1.82, 2.24) is 24.6 Å². The van der Waals surface area contributed by atoms with Gasteiger partial charge in [0.2, 0.25) is 5.89 Å². The van der Waals surface area contributed by atoms with Gasteiger partial charge < -0.3 is 9.09 Å². The van der Waals surface area contributed by atoms with Gasteiger partial charge in [0.05, 0.1) is 18.7 Å². The Morgan fingerprint density at radius 1 is 1.21 bits per heavy atom. The number of hydrogen-bond donors (Lipinski definition) is 0. The monoisotopic (exact) mass is 393 g/mol. The lowest BCUT2D eigenvalue weighted by Crippen LogP contribution is -2.31. The summed E-state index contributed by atoms with van der Waals surface area (Å²) in [4.78, 5) is 10.8. The van der Waals surface area contributed by atoms with Gasteiger partial charge in [-0.2, -0.15) is 18.2 Å². The van der Waals surface area contributed by atoms with E-state index in [1.165, 1.54) is 6.07 Å². The van der Waals surface area contributed by atoms with E-state index in [0.29, 0.717) is 30.4 Å². The van der Waals surface area contributed by atoms with E-state index in [4.69, 9.17) is 4.52 Å². The van der Waals surface area contributed by atoms with Gasteiger partial charge >= 0.3 is 6.18 Å². The second kappa shape index (κ2) is 8.14. The molecule has 9 heteroatoms. The molecule has 2 heterocycles. The van der Waals surface area contributed by atoms with Crippen LogP contribution < -0.4 is 0 Å². The minimum atomic E-state index is -4.37. The first-order chi connectivity index (χ1) is 13.2. The van der Waals surface area contributed by atoms with Crippen molar-refractivity contribution in [3.63, 3.8) is 0 Å². The second-order valence-electron chi connectivity index (χ2n) is 6.93. The summed E-state index contributed by atoms with van der Waals surface area (Å²) in [5, 5.41) is 3.92. The van der Waals surface area contributed by atoms with Crippen molar-refractivity contribution in [3.05, 3.63) is 65.3 Å². The van der Waals surface area contributed by atoms with Gasteiger partial charge in [-0.3, -0.25) is 4.90 Å². The molecule has 0 fully saturated rings. The van der Waals surface area contributed by atoms with E-state index in [1.54, 1.807) is 12.3 Å². The van der Waals surface area contributed by atoms with Crippen molar-refractivity contribution in [1.29, 1.82) is 0 Å². The van der Waals surface area contributed by atoms with Crippen LogP contribution in [0.1, 0.15) is 42.5 Å². The summed E-state index contributed by atoms with van der Waals surface area (Å²) in [6.07, 6.45) is -0.572. The molecule has 0 saturated carbocycles. The SMILES string of the molecule is CC(C)N(Cc1nc(Cc2cccc(C(F)(F)F)c2)no1)Cc1nccn1C. The fourth-order valence-electron chi connectivity index (χ4n) is 2.79. The third-order valence-electron chi connectivity index (χ3n) is 4.46. The third kappa shape index (κ3) is 4.98. The molecule has 0 aliphatic rings. The Kier molecular flexibility index (Phi) is 5.83. The van der Waals surface area contributed by atoms with Gasteiger partial charge in [0.15, 0.2) is 5.82 Å². The van der Waals surface area contributed by atoms with E-state index in [2.05, 4.69) is 33.9 Å². The Morgan fingerprint density at radius 3 is 2.64 bits per heavy atom. The number of imidazole rings is 1. The Bertz CT molecular complexity index is 916. The van der Waals surface area contributed by atoms with E-state index in [-0.39, 0.29) is 12.5 Å². The van der Waals surface area contributed by atoms with Gasteiger partial charge in [-0.25, -0.2) is 4.98 Å². The van der Waals surface area contributed by atoms with Crippen molar-refractivity contribution >= 4 is 0 Å².